The van der Waals surface area contributed by atoms with Crippen LogP contribution in [0.25, 0.3) is 0 Å². The van der Waals surface area contributed by atoms with Gasteiger partial charge in [0.05, 0.1) is 28.0 Å². The molecule has 1 aliphatic heterocycles. The van der Waals surface area contributed by atoms with Crippen LogP contribution >= 0.6 is 11.6 Å². The number of nitrogens with zero attached hydrogens (tertiary/aromatic N) is 2. The molecule has 2 aromatic rings. The smallest absolute Gasteiger partial charge is 0.243 e. The number of rotatable bonds is 1. The van der Waals surface area contributed by atoms with E-state index in [0.29, 0.717) is 22.1 Å². The highest BCUT2D eigenvalue weighted by Crippen LogP contribution is 2.39. The van der Waals surface area contributed by atoms with Gasteiger partial charge in [-0.2, -0.15) is 5.26 Å². The van der Waals surface area contributed by atoms with E-state index in [2.05, 4.69) is 5.32 Å². The Morgan fingerprint density at radius 3 is 2.91 bits per heavy atom. The maximum absolute atomic E-state index is 13.8. The van der Waals surface area contributed by atoms with E-state index in [0.717, 1.165) is 6.07 Å². The van der Waals surface area contributed by atoms with Gasteiger partial charge in [-0.25, -0.2) is 4.39 Å². The number of fused-ring (bicyclic) bond motifs is 1. The molecule has 1 aliphatic rings. The number of hydrogen-bond acceptors (Lipinski definition) is 4. The fourth-order valence-electron chi connectivity index (χ4n) is 2.49. The molecule has 2 aromatic carbocycles. The molecule has 0 aliphatic carbocycles. The summed E-state index contributed by atoms with van der Waals surface area (Å²) in [4.78, 5) is 13.7. The summed E-state index contributed by atoms with van der Waals surface area (Å²) in [6.07, 6.45) is 0. The summed E-state index contributed by atoms with van der Waals surface area (Å²) < 4.78 is 13.8. The largest absolute Gasteiger partial charge is 0.338 e. The zero-order valence-electron chi connectivity index (χ0n) is 11.9. The van der Waals surface area contributed by atoms with E-state index in [1.807, 2.05) is 6.07 Å². The Morgan fingerprint density at radius 2 is 2.17 bits per heavy atom. The van der Waals surface area contributed by atoms with Gasteiger partial charge in [0, 0.05) is 12.2 Å². The molecule has 23 heavy (non-hydrogen) atoms. The van der Waals surface area contributed by atoms with Crippen LogP contribution in [0.2, 0.25) is 5.02 Å². The SMILES string of the molecule is N#Cc1cc(F)cc(N2C[C@H](N)C(=O)Nc3c(Cl)cccc32)c1. The molecule has 1 amide bonds. The molecular weight excluding hydrogens is 319 g/mol. The predicted octanol–water partition coefficient (Wildman–Crippen LogP) is 2.77. The molecule has 0 unspecified atom stereocenters. The van der Waals surface area contributed by atoms with Gasteiger partial charge in [0.2, 0.25) is 5.91 Å². The number of amides is 1. The van der Waals surface area contributed by atoms with Crippen molar-refractivity contribution in [3.8, 4) is 6.07 Å². The van der Waals surface area contributed by atoms with E-state index in [-0.39, 0.29) is 18.0 Å². The number of halogens is 2. The Balaban J connectivity index is 2.19. The Labute approximate surface area is 137 Å². The molecule has 0 spiro atoms. The fourth-order valence-corrected chi connectivity index (χ4v) is 2.71. The summed E-state index contributed by atoms with van der Waals surface area (Å²) >= 11 is 6.16. The van der Waals surface area contributed by atoms with Crippen molar-refractivity contribution in [1.82, 2.24) is 0 Å². The first-order valence-corrected chi connectivity index (χ1v) is 7.20. The number of benzene rings is 2. The van der Waals surface area contributed by atoms with E-state index in [1.165, 1.54) is 12.1 Å². The fraction of sp³-hybridized carbons (Fsp3) is 0.125. The van der Waals surface area contributed by atoms with Crippen LogP contribution in [0.5, 0.6) is 0 Å². The maximum atomic E-state index is 13.8. The molecule has 0 bridgehead atoms. The van der Waals surface area contributed by atoms with E-state index >= 15 is 0 Å². The number of hydrogen-bond donors (Lipinski definition) is 2. The van der Waals surface area contributed by atoms with Crippen molar-refractivity contribution in [2.75, 3.05) is 16.8 Å². The summed E-state index contributed by atoms with van der Waals surface area (Å²) in [6, 6.07) is 10.2. The van der Waals surface area contributed by atoms with Crippen LogP contribution in [0.3, 0.4) is 0 Å². The number of nitrogens with two attached hydrogens (primary N) is 1. The number of carbonyl (C=O) groups is 1. The third-order valence-corrected chi connectivity index (χ3v) is 3.88. The van der Waals surface area contributed by atoms with Gasteiger partial charge >= 0.3 is 0 Å². The first-order valence-electron chi connectivity index (χ1n) is 6.83. The minimum absolute atomic E-state index is 0.132. The number of anilines is 3. The third-order valence-electron chi connectivity index (χ3n) is 3.57. The maximum Gasteiger partial charge on any atom is 0.243 e. The second kappa shape index (κ2) is 5.88. The lowest BCUT2D eigenvalue weighted by atomic mass is 10.1. The molecule has 3 rings (SSSR count). The van der Waals surface area contributed by atoms with Gasteiger partial charge in [-0.15, -0.1) is 0 Å². The summed E-state index contributed by atoms with van der Waals surface area (Å²) in [6.45, 7) is 0.132. The van der Waals surface area contributed by atoms with Gasteiger partial charge < -0.3 is 16.0 Å². The highest BCUT2D eigenvalue weighted by Gasteiger charge is 2.28. The molecule has 7 heteroatoms. The standard InChI is InChI=1S/C16H12ClFN4O/c17-12-2-1-3-14-15(12)21-16(23)13(20)8-22(14)11-5-9(7-19)4-10(18)6-11/h1-6,13H,8,20H2,(H,21,23)/t13-/m0/s1. The number of nitriles is 1. The lowest BCUT2D eigenvalue weighted by molar-refractivity contribution is -0.117. The molecular formula is C16H12ClFN4O. The van der Waals surface area contributed by atoms with E-state index in [9.17, 15) is 9.18 Å². The number of carbonyl (C=O) groups excluding carboxylic acids is 1. The zero-order chi connectivity index (χ0) is 16.6. The van der Waals surface area contributed by atoms with Crippen LogP contribution in [0.4, 0.5) is 21.5 Å². The minimum Gasteiger partial charge on any atom is -0.338 e. The molecule has 0 radical (unpaired) electrons. The van der Waals surface area contributed by atoms with Crippen LogP contribution < -0.4 is 16.0 Å². The first kappa shape index (κ1) is 15.3. The van der Waals surface area contributed by atoms with Crippen molar-refractivity contribution in [1.29, 1.82) is 5.26 Å². The summed E-state index contributed by atoms with van der Waals surface area (Å²) in [5.74, 6) is -0.918. The summed E-state index contributed by atoms with van der Waals surface area (Å²) in [5, 5.41) is 12.1. The van der Waals surface area contributed by atoms with Crippen molar-refractivity contribution < 1.29 is 9.18 Å². The van der Waals surface area contributed by atoms with Crippen molar-refractivity contribution in [2.24, 2.45) is 5.73 Å². The third kappa shape index (κ3) is 2.84. The zero-order valence-corrected chi connectivity index (χ0v) is 12.6. The molecule has 1 atom stereocenters. The van der Waals surface area contributed by atoms with Gasteiger partial charge in [0.1, 0.15) is 11.9 Å². The second-order valence-corrected chi connectivity index (χ2v) is 5.56. The molecule has 0 saturated heterocycles. The van der Waals surface area contributed by atoms with Crippen molar-refractivity contribution in [3.05, 3.63) is 52.8 Å². The number of para-hydroxylation sites is 1. The normalized spacial score (nSPS) is 17.0. The molecule has 1 heterocycles. The van der Waals surface area contributed by atoms with E-state index in [1.54, 1.807) is 23.1 Å². The van der Waals surface area contributed by atoms with Crippen LogP contribution in [-0.4, -0.2) is 18.5 Å². The molecule has 0 fully saturated rings. The Bertz CT molecular complexity index is 833. The lowest BCUT2D eigenvalue weighted by Gasteiger charge is -2.26. The lowest BCUT2D eigenvalue weighted by Crippen LogP contribution is -2.41. The molecule has 3 N–H and O–H groups in total. The van der Waals surface area contributed by atoms with Crippen LogP contribution in [0.1, 0.15) is 5.56 Å². The van der Waals surface area contributed by atoms with Crippen molar-refractivity contribution in [3.63, 3.8) is 0 Å². The summed E-state index contributed by atoms with van der Waals surface area (Å²) in [5.41, 5.74) is 7.50. The Hall–Kier alpha value is -2.62. The molecule has 116 valence electrons. The van der Waals surface area contributed by atoms with Gasteiger partial charge in [0.25, 0.3) is 0 Å². The highest BCUT2D eigenvalue weighted by atomic mass is 35.5. The van der Waals surface area contributed by atoms with E-state index in [4.69, 9.17) is 22.6 Å². The first-order chi connectivity index (χ1) is 11.0. The quantitative estimate of drug-likeness (QED) is 0.842. The average Bonchev–Trinajstić information content (AvgIpc) is 2.65. The Kier molecular flexibility index (Phi) is 3.90. The minimum atomic E-state index is -0.827. The van der Waals surface area contributed by atoms with Gasteiger partial charge in [-0.1, -0.05) is 17.7 Å². The average molecular weight is 331 g/mol. The molecule has 0 saturated carbocycles. The molecule has 5 nitrogen and oxygen atoms in total. The predicted molar refractivity (Wildman–Crippen MR) is 86.2 cm³/mol. The van der Waals surface area contributed by atoms with E-state index < -0.39 is 11.9 Å². The monoisotopic (exact) mass is 330 g/mol. The van der Waals surface area contributed by atoms with Crippen molar-refractivity contribution >= 4 is 34.6 Å². The second-order valence-electron chi connectivity index (χ2n) is 5.15. The topological polar surface area (TPSA) is 82.2 Å². The van der Waals surface area contributed by atoms with Gasteiger partial charge in [-0.3, -0.25) is 4.79 Å². The summed E-state index contributed by atoms with van der Waals surface area (Å²) in [7, 11) is 0. The van der Waals surface area contributed by atoms with Crippen LogP contribution in [0, 0.1) is 17.1 Å². The molecule has 0 aromatic heterocycles. The number of nitrogens with one attached hydrogen (secondary N) is 1. The highest BCUT2D eigenvalue weighted by molar-refractivity contribution is 6.34. The van der Waals surface area contributed by atoms with Crippen LogP contribution in [-0.2, 0) is 4.79 Å². The van der Waals surface area contributed by atoms with Gasteiger partial charge in [-0.05, 0) is 30.3 Å². The van der Waals surface area contributed by atoms with Gasteiger partial charge in [0.15, 0.2) is 0 Å². The Morgan fingerprint density at radius 1 is 1.39 bits per heavy atom. The van der Waals surface area contributed by atoms with Crippen molar-refractivity contribution in [2.45, 2.75) is 6.04 Å². The van der Waals surface area contributed by atoms with Crippen LogP contribution in [0.15, 0.2) is 36.4 Å².